The van der Waals surface area contributed by atoms with Crippen LogP contribution < -0.4 is 0 Å². The normalized spacial score (nSPS) is 46.5. The van der Waals surface area contributed by atoms with E-state index in [4.69, 9.17) is 16.3 Å². The van der Waals surface area contributed by atoms with Crippen LogP contribution in [0.1, 0.15) is 57.4 Å². The maximum absolute atomic E-state index is 11.2. The lowest BCUT2D eigenvalue weighted by Gasteiger charge is -2.52. The molecular formula is C26H37ClN2O3. The second-order valence-electron chi connectivity index (χ2n) is 11.1. The first-order valence-electron chi connectivity index (χ1n) is 12.2. The lowest BCUT2D eigenvalue weighted by molar-refractivity contribution is -0.202. The highest BCUT2D eigenvalue weighted by atomic mass is 35.5. The number of halogens is 1. The van der Waals surface area contributed by atoms with Crippen LogP contribution in [0.15, 0.2) is 30.6 Å². The number of rotatable bonds is 2. The van der Waals surface area contributed by atoms with E-state index in [0.29, 0.717) is 12.3 Å². The summed E-state index contributed by atoms with van der Waals surface area (Å²) in [5.74, 6) is 0.272. The van der Waals surface area contributed by atoms with E-state index in [1.54, 1.807) is 0 Å². The summed E-state index contributed by atoms with van der Waals surface area (Å²) in [5.41, 5.74) is 2.25. The number of aromatic nitrogens is 1. The van der Waals surface area contributed by atoms with Gasteiger partial charge in [-0.05, 0) is 93.6 Å². The number of aliphatic hydroxyl groups is 2. The monoisotopic (exact) mass is 460 g/mol. The van der Waals surface area contributed by atoms with Crippen LogP contribution in [0.4, 0.5) is 0 Å². The molecule has 1 aromatic rings. The number of nitrogens with zero attached hydrogens (tertiary/aromatic N) is 2. The molecule has 3 fully saturated rings. The zero-order valence-electron chi connectivity index (χ0n) is 19.5. The van der Waals surface area contributed by atoms with Gasteiger partial charge in [-0.1, -0.05) is 13.0 Å². The van der Waals surface area contributed by atoms with Crippen LogP contribution in [-0.4, -0.2) is 69.5 Å². The van der Waals surface area contributed by atoms with Crippen molar-refractivity contribution in [2.45, 2.75) is 87.2 Å². The van der Waals surface area contributed by atoms with Gasteiger partial charge in [0.2, 0.25) is 0 Å². The maximum Gasteiger partial charge on any atom is 0.0958 e. The van der Waals surface area contributed by atoms with Crippen LogP contribution in [-0.2, 0) is 4.74 Å². The zero-order chi connectivity index (χ0) is 22.7. The Labute approximate surface area is 196 Å². The van der Waals surface area contributed by atoms with Gasteiger partial charge in [0.25, 0.3) is 0 Å². The summed E-state index contributed by atoms with van der Waals surface area (Å²) in [6.45, 7) is 2.40. The molecule has 0 radical (unpaired) electrons. The molecule has 3 heterocycles. The predicted octanol–water partition coefficient (Wildman–Crippen LogP) is 3.87. The van der Waals surface area contributed by atoms with Gasteiger partial charge < -0.3 is 19.8 Å². The van der Waals surface area contributed by atoms with Gasteiger partial charge in [-0.3, -0.25) is 4.98 Å². The Morgan fingerprint density at radius 3 is 2.56 bits per heavy atom. The summed E-state index contributed by atoms with van der Waals surface area (Å²) >= 11 is 6.94. The van der Waals surface area contributed by atoms with Gasteiger partial charge in [-0.25, -0.2) is 0 Å². The van der Waals surface area contributed by atoms with E-state index in [1.165, 1.54) is 11.1 Å². The molecule has 1 spiro atoms. The van der Waals surface area contributed by atoms with Crippen LogP contribution in [0.3, 0.4) is 0 Å². The Bertz CT molecular complexity index is 864. The van der Waals surface area contributed by atoms with Crippen LogP contribution in [0.25, 0.3) is 5.57 Å². The largest absolute Gasteiger partial charge is 0.390 e. The van der Waals surface area contributed by atoms with Crippen molar-refractivity contribution < 1.29 is 14.9 Å². The molecule has 2 aliphatic carbocycles. The van der Waals surface area contributed by atoms with Gasteiger partial charge in [-0.15, -0.1) is 11.6 Å². The second kappa shape index (κ2) is 8.35. The fourth-order valence-corrected chi connectivity index (χ4v) is 7.71. The number of fused-ring (bicyclic) bond motifs is 3. The molecule has 4 aliphatic rings. The summed E-state index contributed by atoms with van der Waals surface area (Å²) < 4.78 is 7.04. The van der Waals surface area contributed by atoms with E-state index >= 15 is 0 Å². The third kappa shape index (κ3) is 3.56. The molecule has 9 unspecified atom stereocenters. The van der Waals surface area contributed by atoms with Crippen LogP contribution in [0.5, 0.6) is 0 Å². The smallest absolute Gasteiger partial charge is 0.0958 e. The van der Waals surface area contributed by atoms with E-state index in [9.17, 15) is 10.2 Å². The van der Waals surface area contributed by atoms with E-state index in [0.717, 1.165) is 38.5 Å². The number of likely N-dealkylation sites (N-methyl/N-ethyl adjacent to an activating group) is 1. The zero-order valence-corrected chi connectivity index (χ0v) is 20.2. The van der Waals surface area contributed by atoms with Crippen LogP contribution in [0.2, 0.25) is 0 Å². The predicted molar refractivity (Wildman–Crippen MR) is 126 cm³/mol. The number of hydrogen-bond acceptors (Lipinski definition) is 5. The van der Waals surface area contributed by atoms with Gasteiger partial charge in [-0.2, -0.15) is 0 Å². The van der Waals surface area contributed by atoms with Crippen LogP contribution in [0, 0.1) is 17.3 Å². The van der Waals surface area contributed by atoms with Gasteiger partial charge in [0, 0.05) is 29.7 Å². The van der Waals surface area contributed by atoms with Crippen molar-refractivity contribution in [2.24, 2.45) is 17.3 Å². The molecule has 2 aliphatic heterocycles. The molecule has 1 saturated carbocycles. The summed E-state index contributed by atoms with van der Waals surface area (Å²) in [4.78, 5) is 6.25. The van der Waals surface area contributed by atoms with Crippen molar-refractivity contribution in [2.75, 3.05) is 14.1 Å². The summed E-state index contributed by atoms with van der Waals surface area (Å²) in [7, 11) is 3.96. The molecule has 0 aromatic carbocycles. The molecule has 9 atom stereocenters. The average molecular weight is 461 g/mol. The lowest BCUT2D eigenvalue weighted by Crippen LogP contribution is -2.63. The molecule has 1 aromatic heterocycles. The maximum atomic E-state index is 11.2. The minimum atomic E-state index is -0.809. The van der Waals surface area contributed by atoms with E-state index in [2.05, 4.69) is 30.1 Å². The highest BCUT2D eigenvalue weighted by Gasteiger charge is 2.60. The Morgan fingerprint density at radius 2 is 1.84 bits per heavy atom. The number of allylic oxidation sites excluding steroid dienone is 2. The fraction of sp³-hybridized carbons (Fsp3) is 0.731. The Hall–Kier alpha value is -0.980. The standard InChI is InChI=1S/C26H37ClN2O3/c1-25-10-6-17(27)14-20-23(30)24(31)21(29(2)3)15-26(20)11-7-22(32-26)19(25)5-4-18(25)16-8-12-28-13-9-16/h4,8-9,12-13,17,19-24,30-31H,5-7,10-11,14-15H2,1-3H3. The number of alkyl halides is 1. The number of aliphatic hydroxyl groups excluding tert-OH is 2. The molecular weight excluding hydrogens is 424 g/mol. The van der Waals surface area contributed by atoms with Gasteiger partial charge in [0.05, 0.1) is 23.9 Å². The number of ether oxygens (including phenoxy) is 1. The first kappa shape index (κ1) is 22.8. The summed E-state index contributed by atoms with van der Waals surface area (Å²) in [5, 5.41) is 22.0. The summed E-state index contributed by atoms with van der Waals surface area (Å²) in [6, 6.07) is 4.12. The van der Waals surface area contributed by atoms with Crippen molar-refractivity contribution in [1.29, 1.82) is 0 Å². The van der Waals surface area contributed by atoms with E-state index < -0.39 is 17.8 Å². The lowest BCUT2D eigenvalue weighted by atomic mass is 9.66. The molecule has 2 bridgehead atoms. The van der Waals surface area contributed by atoms with Crippen molar-refractivity contribution in [3.8, 4) is 0 Å². The minimum Gasteiger partial charge on any atom is -0.390 e. The van der Waals surface area contributed by atoms with Gasteiger partial charge in [0.1, 0.15) is 0 Å². The summed E-state index contributed by atoms with van der Waals surface area (Å²) in [6.07, 6.45) is 11.0. The van der Waals surface area contributed by atoms with Crippen LogP contribution >= 0.6 is 11.6 Å². The molecule has 5 rings (SSSR count). The highest BCUT2D eigenvalue weighted by Crippen LogP contribution is 2.59. The number of pyridine rings is 1. The molecule has 2 N–H and O–H groups in total. The average Bonchev–Trinajstić information content (AvgIpc) is 3.34. The van der Waals surface area contributed by atoms with E-state index in [-0.39, 0.29) is 28.9 Å². The molecule has 0 amide bonds. The first-order chi connectivity index (χ1) is 15.2. The molecule has 5 nitrogen and oxygen atoms in total. The molecule has 176 valence electrons. The third-order valence-corrected chi connectivity index (χ3v) is 9.62. The van der Waals surface area contributed by atoms with E-state index in [1.807, 2.05) is 31.4 Å². The third-order valence-electron chi connectivity index (χ3n) is 9.22. The minimum absolute atomic E-state index is 0.00523. The van der Waals surface area contributed by atoms with Crippen molar-refractivity contribution in [3.63, 3.8) is 0 Å². The topological polar surface area (TPSA) is 65.8 Å². The van der Waals surface area contributed by atoms with Gasteiger partial charge >= 0.3 is 0 Å². The Kier molecular flexibility index (Phi) is 5.95. The van der Waals surface area contributed by atoms with Crippen molar-refractivity contribution >= 4 is 17.2 Å². The Morgan fingerprint density at radius 1 is 1.09 bits per heavy atom. The Balaban J connectivity index is 1.50. The fourth-order valence-electron chi connectivity index (χ4n) is 7.41. The SMILES string of the molecule is CN(C)C1CC23CCC(O2)C2CC=C(c4ccncc4)C2(C)CCC(Cl)CC3C(O)C1O. The van der Waals surface area contributed by atoms with Gasteiger partial charge in [0.15, 0.2) is 0 Å². The quantitative estimate of drug-likeness (QED) is 0.656. The van der Waals surface area contributed by atoms with Crippen molar-refractivity contribution in [3.05, 3.63) is 36.2 Å². The highest BCUT2D eigenvalue weighted by molar-refractivity contribution is 6.20. The molecule has 32 heavy (non-hydrogen) atoms. The second-order valence-corrected chi connectivity index (χ2v) is 11.7. The number of hydrogen-bond donors (Lipinski definition) is 2. The molecule has 6 heteroatoms. The first-order valence-corrected chi connectivity index (χ1v) is 12.6. The molecule has 2 saturated heterocycles. The van der Waals surface area contributed by atoms with Crippen molar-refractivity contribution in [1.82, 2.24) is 9.88 Å².